The third-order valence-corrected chi connectivity index (χ3v) is 2.23. The van der Waals surface area contributed by atoms with Gasteiger partial charge in [0.15, 0.2) is 5.92 Å². The van der Waals surface area contributed by atoms with Crippen molar-refractivity contribution in [1.29, 1.82) is 0 Å². The Labute approximate surface area is 88.6 Å². The molecule has 4 nitrogen and oxygen atoms in total. The number of methoxy groups -OCH3 is 2. The Balaban J connectivity index is 2.90. The number of carbonyl (C=O) groups is 2. The second-order valence-electron chi connectivity index (χ2n) is 3.16. The van der Waals surface area contributed by atoms with Crippen LogP contribution in [0.5, 0.6) is 0 Å². The van der Waals surface area contributed by atoms with Crippen LogP contribution < -0.4 is 0 Å². The van der Waals surface area contributed by atoms with Crippen LogP contribution >= 0.6 is 0 Å². The van der Waals surface area contributed by atoms with Crippen molar-refractivity contribution in [3.63, 3.8) is 0 Å². The number of rotatable bonds is 3. The van der Waals surface area contributed by atoms with Crippen LogP contribution in [0.25, 0.3) is 0 Å². The third-order valence-electron chi connectivity index (χ3n) is 2.23. The van der Waals surface area contributed by atoms with Crippen LogP contribution in [0, 0.1) is 5.92 Å². The topological polar surface area (TPSA) is 52.6 Å². The van der Waals surface area contributed by atoms with Gasteiger partial charge in [-0.2, -0.15) is 0 Å². The average molecular weight is 210 g/mol. The molecule has 0 unspecified atom stereocenters. The highest BCUT2D eigenvalue weighted by atomic mass is 16.5. The maximum Gasteiger partial charge on any atom is 0.324 e. The van der Waals surface area contributed by atoms with Gasteiger partial charge >= 0.3 is 11.9 Å². The zero-order valence-corrected chi connectivity index (χ0v) is 8.86. The minimum absolute atomic E-state index is 0.584. The van der Waals surface area contributed by atoms with E-state index in [1.807, 2.05) is 12.2 Å². The number of carbonyl (C=O) groups excluding carboxylic acids is 2. The Morgan fingerprint density at radius 3 is 2.20 bits per heavy atom. The van der Waals surface area contributed by atoms with Crippen LogP contribution in [-0.2, 0) is 19.1 Å². The number of ether oxygens (including phenoxy) is 2. The highest BCUT2D eigenvalue weighted by Crippen LogP contribution is 2.21. The predicted octanol–water partition coefficient (Wildman–Crippen LogP) is 1.22. The van der Waals surface area contributed by atoms with E-state index in [2.05, 4.69) is 9.47 Å². The Morgan fingerprint density at radius 2 is 1.80 bits per heavy atom. The Hall–Kier alpha value is -1.58. The molecule has 0 bridgehead atoms. The fourth-order valence-electron chi connectivity index (χ4n) is 1.45. The van der Waals surface area contributed by atoms with E-state index in [1.54, 1.807) is 6.08 Å². The highest BCUT2D eigenvalue weighted by molar-refractivity contribution is 5.98. The summed E-state index contributed by atoms with van der Waals surface area (Å²) in [5, 5.41) is 0. The predicted molar refractivity (Wildman–Crippen MR) is 54.0 cm³/mol. The lowest BCUT2D eigenvalue weighted by atomic mass is 9.94. The first kappa shape index (κ1) is 11.5. The molecule has 4 heteroatoms. The summed E-state index contributed by atoms with van der Waals surface area (Å²) in [5.41, 5.74) is 0.653. The maximum atomic E-state index is 11.4. The molecular formula is C11H14O4. The van der Waals surface area contributed by atoms with Gasteiger partial charge in [0.25, 0.3) is 0 Å². The number of hydrogen-bond acceptors (Lipinski definition) is 4. The van der Waals surface area contributed by atoms with Gasteiger partial charge in [-0.15, -0.1) is 0 Å². The molecule has 0 spiro atoms. The van der Waals surface area contributed by atoms with E-state index in [9.17, 15) is 9.59 Å². The van der Waals surface area contributed by atoms with E-state index < -0.39 is 17.9 Å². The number of esters is 2. The lowest BCUT2D eigenvalue weighted by Gasteiger charge is -2.15. The molecule has 0 radical (unpaired) electrons. The molecule has 0 aliphatic heterocycles. The van der Waals surface area contributed by atoms with E-state index in [-0.39, 0.29) is 0 Å². The van der Waals surface area contributed by atoms with Crippen molar-refractivity contribution in [2.24, 2.45) is 5.92 Å². The average Bonchev–Trinajstić information content (AvgIpc) is 2.30. The summed E-state index contributed by atoms with van der Waals surface area (Å²) >= 11 is 0. The first-order chi connectivity index (χ1) is 7.20. The summed E-state index contributed by atoms with van der Waals surface area (Å²) in [6.45, 7) is 0. The van der Waals surface area contributed by atoms with Gasteiger partial charge in [0.05, 0.1) is 14.2 Å². The zero-order chi connectivity index (χ0) is 11.3. The van der Waals surface area contributed by atoms with Gasteiger partial charge in [0.2, 0.25) is 0 Å². The van der Waals surface area contributed by atoms with Crippen molar-refractivity contribution in [2.45, 2.75) is 12.8 Å². The molecule has 0 fully saturated rings. The lowest BCUT2D eigenvalue weighted by molar-refractivity contribution is -0.156. The molecule has 1 aliphatic carbocycles. The first-order valence-electron chi connectivity index (χ1n) is 4.73. The summed E-state index contributed by atoms with van der Waals surface area (Å²) in [6.07, 6.45) is 7.31. The summed E-state index contributed by atoms with van der Waals surface area (Å²) < 4.78 is 9.15. The van der Waals surface area contributed by atoms with E-state index in [4.69, 9.17) is 0 Å². The van der Waals surface area contributed by atoms with Crippen LogP contribution in [0.15, 0.2) is 23.8 Å². The quantitative estimate of drug-likeness (QED) is 0.519. The molecule has 0 aromatic carbocycles. The molecule has 0 aromatic rings. The first-order valence-corrected chi connectivity index (χ1v) is 4.73. The Morgan fingerprint density at radius 1 is 1.20 bits per heavy atom. The van der Waals surface area contributed by atoms with Gasteiger partial charge in [-0.05, 0) is 18.4 Å². The smallest absolute Gasteiger partial charge is 0.324 e. The molecule has 0 saturated carbocycles. The number of allylic oxidation sites excluding steroid dienone is 3. The Kier molecular flexibility index (Phi) is 4.09. The molecule has 0 heterocycles. The van der Waals surface area contributed by atoms with Crippen molar-refractivity contribution in [2.75, 3.05) is 14.2 Å². The van der Waals surface area contributed by atoms with Gasteiger partial charge in [0, 0.05) is 0 Å². The zero-order valence-electron chi connectivity index (χ0n) is 8.86. The second-order valence-corrected chi connectivity index (χ2v) is 3.16. The molecule has 82 valence electrons. The second kappa shape index (κ2) is 5.34. The minimum Gasteiger partial charge on any atom is -0.468 e. The van der Waals surface area contributed by atoms with Crippen molar-refractivity contribution < 1.29 is 19.1 Å². The van der Waals surface area contributed by atoms with Crippen LogP contribution in [0.2, 0.25) is 0 Å². The van der Waals surface area contributed by atoms with E-state index >= 15 is 0 Å². The summed E-state index contributed by atoms with van der Waals surface area (Å²) in [4.78, 5) is 22.8. The van der Waals surface area contributed by atoms with E-state index in [1.165, 1.54) is 14.2 Å². The highest BCUT2D eigenvalue weighted by Gasteiger charge is 2.31. The van der Waals surface area contributed by atoms with Gasteiger partial charge in [-0.3, -0.25) is 9.59 Å². The van der Waals surface area contributed by atoms with Gasteiger partial charge in [-0.1, -0.05) is 18.2 Å². The van der Waals surface area contributed by atoms with Crippen LogP contribution in [0.1, 0.15) is 12.8 Å². The van der Waals surface area contributed by atoms with Gasteiger partial charge in [-0.25, -0.2) is 0 Å². The normalized spacial score (nSPS) is 14.7. The molecule has 15 heavy (non-hydrogen) atoms. The van der Waals surface area contributed by atoms with Crippen molar-refractivity contribution in [3.05, 3.63) is 23.8 Å². The molecule has 0 amide bonds. The molecule has 0 aromatic heterocycles. The van der Waals surface area contributed by atoms with Crippen molar-refractivity contribution in [1.82, 2.24) is 0 Å². The summed E-state index contributed by atoms with van der Waals surface area (Å²) in [5.74, 6) is -2.11. The fourth-order valence-corrected chi connectivity index (χ4v) is 1.45. The summed E-state index contributed by atoms with van der Waals surface area (Å²) in [6, 6.07) is 0. The standard InChI is InChI=1S/C11H14O4/c1-14-10(12)9(11(13)15-2)8-6-4-3-5-7-8/h4,6-7,9H,3,5H2,1-2H3. The molecule has 1 aliphatic rings. The SMILES string of the molecule is COC(=O)C(C(=O)OC)C1=CCCC=C1. The van der Waals surface area contributed by atoms with E-state index in [0.29, 0.717) is 5.57 Å². The van der Waals surface area contributed by atoms with Gasteiger partial charge in [0.1, 0.15) is 0 Å². The van der Waals surface area contributed by atoms with Crippen molar-refractivity contribution in [3.8, 4) is 0 Å². The summed E-state index contributed by atoms with van der Waals surface area (Å²) in [7, 11) is 2.51. The van der Waals surface area contributed by atoms with E-state index in [0.717, 1.165) is 12.8 Å². The third kappa shape index (κ3) is 2.68. The van der Waals surface area contributed by atoms with Crippen molar-refractivity contribution >= 4 is 11.9 Å². The minimum atomic E-state index is -0.948. The molecular weight excluding hydrogens is 196 g/mol. The Bertz CT molecular complexity index is 299. The molecule has 1 rings (SSSR count). The lowest BCUT2D eigenvalue weighted by Crippen LogP contribution is -2.28. The molecule has 0 N–H and O–H groups in total. The maximum absolute atomic E-state index is 11.4. The largest absolute Gasteiger partial charge is 0.468 e. The molecule has 0 saturated heterocycles. The number of hydrogen-bond donors (Lipinski definition) is 0. The van der Waals surface area contributed by atoms with Crippen LogP contribution in [0.4, 0.5) is 0 Å². The fraction of sp³-hybridized carbons (Fsp3) is 0.455. The molecule has 0 atom stereocenters. The monoisotopic (exact) mass is 210 g/mol. The van der Waals surface area contributed by atoms with Crippen LogP contribution in [-0.4, -0.2) is 26.2 Å². The van der Waals surface area contributed by atoms with Crippen LogP contribution in [0.3, 0.4) is 0 Å². The van der Waals surface area contributed by atoms with Gasteiger partial charge < -0.3 is 9.47 Å².